The third kappa shape index (κ3) is 5.55. The fourth-order valence-corrected chi connectivity index (χ4v) is 4.58. The van der Waals surface area contributed by atoms with Gasteiger partial charge in [-0.25, -0.2) is 0 Å². The van der Waals surface area contributed by atoms with Gasteiger partial charge in [0.15, 0.2) is 11.5 Å². The predicted molar refractivity (Wildman–Crippen MR) is 136 cm³/mol. The van der Waals surface area contributed by atoms with E-state index in [0.717, 1.165) is 19.5 Å². The van der Waals surface area contributed by atoms with Crippen LogP contribution in [0.3, 0.4) is 0 Å². The van der Waals surface area contributed by atoms with Crippen molar-refractivity contribution in [2.45, 2.75) is 26.3 Å². The molecule has 4 rings (SSSR count). The quantitative estimate of drug-likeness (QED) is 0.307. The number of rotatable bonds is 10. The SMILES string of the molecule is CCCOc1ccc(C2/C(=C(\O)c3ccccc3)C(=O)C(=O)N2CCN2CCOCC2)cc1OCC. The largest absolute Gasteiger partial charge is 0.507 e. The second kappa shape index (κ2) is 12.1. The standard InChI is InChI=1S/C28H34N2O6/c1-3-16-36-22-11-10-21(19-23(22)35-4-2)25-24(26(31)20-8-6-5-7-9-20)27(32)28(33)30(25)13-12-29-14-17-34-18-15-29/h5-11,19,25,31H,3-4,12-18H2,1-2H3/b26-24+. The van der Waals surface area contributed by atoms with E-state index in [-0.39, 0.29) is 11.3 Å². The molecule has 0 saturated carbocycles. The molecular formula is C28H34N2O6. The van der Waals surface area contributed by atoms with Crippen LogP contribution in [0, 0.1) is 0 Å². The predicted octanol–water partition coefficient (Wildman–Crippen LogP) is 3.63. The number of carbonyl (C=O) groups is 2. The molecule has 0 aromatic heterocycles. The Labute approximate surface area is 212 Å². The van der Waals surface area contributed by atoms with E-state index in [0.29, 0.717) is 62.1 Å². The van der Waals surface area contributed by atoms with Crippen molar-refractivity contribution in [2.75, 3.05) is 52.6 Å². The Balaban J connectivity index is 1.75. The summed E-state index contributed by atoms with van der Waals surface area (Å²) >= 11 is 0. The molecule has 2 fully saturated rings. The number of Topliss-reactive ketones (excluding diaryl/α,β-unsaturated/α-hetero) is 1. The van der Waals surface area contributed by atoms with Gasteiger partial charge in [0.2, 0.25) is 0 Å². The first kappa shape index (κ1) is 25.7. The highest BCUT2D eigenvalue weighted by Gasteiger charge is 2.46. The van der Waals surface area contributed by atoms with E-state index >= 15 is 0 Å². The van der Waals surface area contributed by atoms with Gasteiger partial charge in [-0.05, 0) is 31.0 Å². The Bertz CT molecular complexity index is 1090. The van der Waals surface area contributed by atoms with Crippen LogP contribution in [0.25, 0.3) is 5.76 Å². The van der Waals surface area contributed by atoms with Crippen LogP contribution in [0.1, 0.15) is 37.4 Å². The van der Waals surface area contributed by atoms with E-state index in [4.69, 9.17) is 14.2 Å². The lowest BCUT2D eigenvalue weighted by Gasteiger charge is -2.31. The zero-order chi connectivity index (χ0) is 25.5. The highest BCUT2D eigenvalue weighted by molar-refractivity contribution is 6.46. The van der Waals surface area contributed by atoms with Crippen LogP contribution in [-0.4, -0.2) is 79.2 Å². The van der Waals surface area contributed by atoms with Gasteiger partial charge in [0, 0.05) is 31.7 Å². The molecule has 1 amide bonds. The lowest BCUT2D eigenvalue weighted by Crippen LogP contribution is -2.42. The van der Waals surface area contributed by atoms with Crippen molar-refractivity contribution < 1.29 is 28.9 Å². The minimum absolute atomic E-state index is 0.0813. The molecular weight excluding hydrogens is 460 g/mol. The minimum atomic E-state index is -0.745. The summed E-state index contributed by atoms with van der Waals surface area (Å²) in [7, 11) is 0. The zero-order valence-electron chi connectivity index (χ0n) is 20.9. The molecule has 36 heavy (non-hydrogen) atoms. The molecule has 2 heterocycles. The van der Waals surface area contributed by atoms with Gasteiger partial charge >= 0.3 is 0 Å². The number of aliphatic hydroxyl groups is 1. The highest BCUT2D eigenvalue weighted by atomic mass is 16.5. The number of hydrogen-bond acceptors (Lipinski definition) is 7. The summed E-state index contributed by atoms with van der Waals surface area (Å²) < 4.78 is 17.1. The van der Waals surface area contributed by atoms with Gasteiger partial charge in [-0.1, -0.05) is 43.3 Å². The summed E-state index contributed by atoms with van der Waals surface area (Å²) in [5.41, 5.74) is 1.25. The Hall–Kier alpha value is -3.36. The molecule has 192 valence electrons. The number of likely N-dealkylation sites (tertiary alicyclic amines) is 1. The highest BCUT2D eigenvalue weighted by Crippen LogP contribution is 2.42. The van der Waals surface area contributed by atoms with Crippen molar-refractivity contribution in [1.29, 1.82) is 0 Å². The molecule has 2 aliphatic rings. The molecule has 2 saturated heterocycles. The number of nitrogens with zero attached hydrogens (tertiary/aromatic N) is 2. The zero-order valence-corrected chi connectivity index (χ0v) is 20.9. The van der Waals surface area contributed by atoms with Crippen LogP contribution in [0.4, 0.5) is 0 Å². The van der Waals surface area contributed by atoms with Crippen LogP contribution >= 0.6 is 0 Å². The van der Waals surface area contributed by atoms with Crippen LogP contribution in [0.2, 0.25) is 0 Å². The Morgan fingerprint density at radius 1 is 1.00 bits per heavy atom. The van der Waals surface area contributed by atoms with Crippen molar-refractivity contribution in [2.24, 2.45) is 0 Å². The number of benzene rings is 2. The number of ketones is 1. The maximum Gasteiger partial charge on any atom is 0.295 e. The van der Waals surface area contributed by atoms with E-state index in [9.17, 15) is 14.7 Å². The molecule has 0 spiro atoms. The van der Waals surface area contributed by atoms with Crippen molar-refractivity contribution in [3.63, 3.8) is 0 Å². The van der Waals surface area contributed by atoms with Crippen molar-refractivity contribution >= 4 is 17.4 Å². The third-order valence-corrected chi connectivity index (χ3v) is 6.39. The number of morpholine rings is 1. The molecule has 2 aliphatic heterocycles. The van der Waals surface area contributed by atoms with Crippen LogP contribution in [0.15, 0.2) is 54.1 Å². The average molecular weight is 495 g/mol. The molecule has 1 atom stereocenters. The van der Waals surface area contributed by atoms with Crippen LogP contribution in [-0.2, 0) is 14.3 Å². The molecule has 0 bridgehead atoms. The summed E-state index contributed by atoms with van der Waals surface area (Å²) in [6.07, 6.45) is 0.853. The first-order valence-corrected chi connectivity index (χ1v) is 12.6. The molecule has 0 radical (unpaired) electrons. The summed E-state index contributed by atoms with van der Waals surface area (Å²) in [4.78, 5) is 30.3. The lowest BCUT2D eigenvalue weighted by atomic mass is 9.95. The van der Waals surface area contributed by atoms with Gasteiger partial charge in [0.1, 0.15) is 5.76 Å². The number of ether oxygens (including phenoxy) is 3. The van der Waals surface area contributed by atoms with Crippen LogP contribution < -0.4 is 9.47 Å². The smallest absolute Gasteiger partial charge is 0.295 e. The minimum Gasteiger partial charge on any atom is -0.507 e. The average Bonchev–Trinajstić information content (AvgIpc) is 3.17. The number of carbonyl (C=O) groups excluding carboxylic acids is 2. The molecule has 0 aliphatic carbocycles. The fourth-order valence-electron chi connectivity index (χ4n) is 4.58. The second-order valence-electron chi connectivity index (χ2n) is 8.80. The Morgan fingerprint density at radius 2 is 1.75 bits per heavy atom. The summed E-state index contributed by atoms with van der Waals surface area (Å²) in [5.74, 6) is -0.336. The van der Waals surface area contributed by atoms with Gasteiger partial charge in [0.05, 0.1) is 38.0 Å². The Morgan fingerprint density at radius 3 is 2.44 bits per heavy atom. The third-order valence-electron chi connectivity index (χ3n) is 6.39. The van der Waals surface area contributed by atoms with E-state index in [2.05, 4.69) is 4.90 Å². The maximum absolute atomic E-state index is 13.3. The lowest BCUT2D eigenvalue weighted by molar-refractivity contribution is -0.140. The Kier molecular flexibility index (Phi) is 8.61. The monoisotopic (exact) mass is 494 g/mol. The van der Waals surface area contributed by atoms with E-state index in [1.165, 1.54) is 0 Å². The van der Waals surface area contributed by atoms with Crippen LogP contribution in [0.5, 0.6) is 11.5 Å². The molecule has 1 unspecified atom stereocenters. The number of hydrogen-bond donors (Lipinski definition) is 1. The first-order valence-electron chi connectivity index (χ1n) is 12.6. The van der Waals surface area contributed by atoms with Crippen molar-refractivity contribution in [3.8, 4) is 11.5 Å². The summed E-state index contributed by atoms with van der Waals surface area (Å²) in [6.45, 7) is 8.69. The maximum atomic E-state index is 13.3. The van der Waals surface area contributed by atoms with Crippen molar-refractivity contribution in [3.05, 3.63) is 65.2 Å². The topological polar surface area (TPSA) is 88.5 Å². The van der Waals surface area contributed by atoms with Gasteiger partial charge in [-0.15, -0.1) is 0 Å². The second-order valence-corrected chi connectivity index (χ2v) is 8.80. The van der Waals surface area contributed by atoms with Gasteiger partial charge in [-0.3, -0.25) is 14.5 Å². The molecule has 8 nitrogen and oxygen atoms in total. The fraction of sp³-hybridized carbons (Fsp3) is 0.429. The van der Waals surface area contributed by atoms with E-state index in [1.54, 1.807) is 35.2 Å². The number of aliphatic hydroxyl groups excluding tert-OH is 1. The molecule has 8 heteroatoms. The van der Waals surface area contributed by atoms with Gasteiger partial charge < -0.3 is 24.2 Å². The molecule has 1 N–H and O–H groups in total. The normalized spacial score (nSPS) is 20.1. The van der Waals surface area contributed by atoms with Crippen molar-refractivity contribution in [1.82, 2.24) is 9.80 Å². The van der Waals surface area contributed by atoms with Gasteiger partial charge in [-0.2, -0.15) is 0 Å². The van der Waals surface area contributed by atoms with E-state index < -0.39 is 17.7 Å². The number of amides is 1. The van der Waals surface area contributed by atoms with Gasteiger partial charge in [0.25, 0.3) is 11.7 Å². The summed E-state index contributed by atoms with van der Waals surface area (Å²) in [6, 6.07) is 13.6. The molecule has 2 aromatic rings. The first-order chi connectivity index (χ1) is 17.5. The van der Waals surface area contributed by atoms with E-state index in [1.807, 2.05) is 32.0 Å². The molecule has 2 aromatic carbocycles. The summed E-state index contributed by atoms with van der Waals surface area (Å²) in [5, 5.41) is 11.2.